The Morgan fingerprint density at radius 1 is 1.29 bits per heavy atom. The number of rotatable bonds is 2. The molecular weight excluding hydrogens is 188 g/mol. The highest BCUT2D eigenvalue weighted by atomic mass is 19.1. The molecule has 0 radical (unpaired) electrons. The van der Waals surface area contributed by atoms with Gasteiger partial charge >= 0.3 is 0 Å². The largest absolute Gasteiger partial charge is 0.325 e. The first-order valence-electron chi connectivity index (χ1n) is 4.31. The molecule has 4 heteroatoms. The van der Waals surface area contributed by atoms with Gasteiger partial charge in [-0.05, 0) is 17.2 Å². The molecule has 1 aliphatic heterocycles. The van der Waals surface area contributed by atoms with Gasteiger partial charge in [0, 0.05) is 5.56 Å². The number of anilines is 1. The van der Waals surface area contributed by atoms with Crippen LogP contribution in [-0.4, -0.2) is 5.91 Å². The number of hydrogen-bond acceptors (Lipinski definition) is 1. The Bertz CT molecular complexity index is 390. The summed E-state index contributed by atoms with van der Waals surface area (Å²) in [6, 6.07) is 3.05. The molecule has 0 unspecified atom stereocenters. The quantitative estimate of drug-likeness (QED) is 0.773. The van der Waals surface area contributed by atoms with Gasteiger partial charge < -0.3 is 5.32 Å². The van der Waals surface area contributed by atoms with Gasteiger partial charge in [-0.3, -0.25) is 4.79 Å². The molecule has 0 saturated heterocycles. The van der Waals surface area contributed by atoms with Crippen molar-refractivity contribution in [2.24, 2.45) is 0 Å². The van der Waals surface area contributed by atoms with Crippen LogP contribution in [0.2, 0.25) is 0 Å². The Morgan fingerprint density at radius 2 is 2.07 bits per heavy atom. The Hall–Kier alpha value is -1.45. The first-order valence-corrected chi connectivity index (χ1v) is 4.31. The fourth-order valence-corrected chi connectivity index (χ4v) is 1.68. The van der Waals surface area contributed by atoms with Crippen molar-refractivity contribution in [2.45, 2.75) is 19.8 Å². The summed E-state index contributed by atoms with van der Waals surface area (Å²) in [5, 5.41) is 2.57. The van der Waals surface area contributed by atoms with Gasteiger partial charge in [-0.2, -0.15) is 0 Å². The van der Waals surface area contributed by atoms with Gasteiger partial charge in [-0.25, -0.2) is 8.78 Å². The Kier molecular flexibility index (Phi) is 2.19. The zero-order chi connectivity index (χ0) is 10.1. The van der Waals surface area contributed by atoms with Gasteiger partial charge in [0.15, 0.2) is 0 Å². The third-order valence-electron chi connectivity index (χ3n) is 2.28. The molecule has 2 rings (SSSR count). The summed E-state index contributed by atoms with van der Waals surface area (Å²) in [6.07, 6.45) is 0.218. The van der Waals surface area contributed by atoms with Crippen molar-refractivity contribution >= 4 is 11.6 Å². The first kappa shape index (κ1) is 9.12. The summed E-state index contributed by atoms with van der Waals surface area (Å²) in [6.45, 7) is -1.31. The molecule has 1 aromatic carbocycles. The van der Waals surface area contributed by atoms with Crippen molar-refractivity contribution in [2.75, 3.05) is 5.32 Å². The fourth-order valence-electron chi connectivity index (χ4n) is 1.68. The van der Waals surface area contributed by atoms with E-state index in [1.807, 2.05) is 0 Å². The number of carbonyl (C=O) groups is 1. The highest BCUT2D eigenvalue weighted by Crippen LogP contribution is 2.29. The lowest BCUT2D eigenvalue weighted by Crippen LogP contribution is -2.04. The lowest BCUT2D eigenvalue weighted by atomic mass is 10.0. The van der Waals surface area contributed by atoms with Gasteiger partial charge in [0.2, 0.25) is 5.91 Å². The lowest BCUT2D eigenvalue weighted by molar-refractivity contribution is -0.115. The monoisotopic (exact) mass is 197 g/mol. The van der Waals surface area contributed by atoms with E-state index in [0.717, 1.165) is 0 Å². The van der Waals surface area contributed by atoms with Gasteiger partial charge in [0.05, 0.1) is 12.1 Å². The molecule has 1 amide bonds. The molecule has 0 aliphatic carbocycles. The van der Waals surface area contributed by atoms with Gasteiger partial charge in [-0.15, -0.1) is 0 Å². The van der Waals surface area contributed by atoms with E-state index in [0.29, 0.717) is 22.4 Å². The molecular formula is C10H9F2NO. The molecule has 2 nitrogen and oxygen atoms in total. The van der Waals surface area contributed by atoms with Crippen LogP contribution < -0.4 is 5.32 Å². The standard InChI is InChI=1S/C10H9F2NO/c11-4-6-1-7-3-9(14)13-10(7)8(2-6)5-12/h1-2H,3-5H2,(H,13,14). The summed E-state index contributed by atoms with van der Waals surface area (Å²) < 4.78 is 24.9. The third-order valence-corrected chi connectivity index (χ3v) is 2.28. The highest BCUT2D eigenvalue weighted by Gasteiger charge is 2.21. The number of carbonyl (C=O) groups excluding carboxylic acids is 1. The van der Waals surface area contributed by atoms with Crippen molar-refractivity contribution in [1.82, 2.24) is 0 Å². The second-order valence-corrected chi connectivity index (χ2v) is 3.28. The molecule has 1 heterocycles. The molecule has 1 aliphatic rings. The van der Waals surface area contributed by atoms with Crippen LogP contribution in [0.25, 0.3) is 0 Å². The van der Waals surface area contributed by atoms with E-state index in [-0.39, 0.29) is 12.3 Å². The average molecular weight is 197 g/mol. The SMILES string of the molecule is O=C1Cc2cc(CF)cc(CF)c2N1. The maximum atomic E-state index is 12.6. The Balaban J connectivity index is 2.51. The van der Waals surface area contributed by atoms with E-state index in [1.54, 1.807) is 6.07 Å². The molecule has 0 aromatic heterocycles. The van der Waals surface area contributed by atoms with Crippen molar-refractivity contribution in [3.8, 4) is 0 Å². The Labute approximate surface area is 79.9 Å². The van der Waals surface area contributed by atoms with Gasteiger partial charge in [-0.1, -0.05) is 6.07 Å². The van der Waals surface area contributed by atoms with Crippen LogP contribution in [0.1, 0.15) is 16.7 Å². The maximum Gasteiger partial charge on any atom is 0.228 e. The van der Waals surface area contributed by atoms with Crippen LogP contribution in [0, 0.1) is 0 Å². The average Bonchev–Trinajstić information content (AvgIpc) is 2.56. The molecule has 0 atom stereocenters. The van der Waals surface area contributed by atoms with Gasteiger partial charge in [0.25, 0.3) is 0 Å². The van der Waals surface area contributed by atoms with Crippen LogP contribution in [0.4, 0.5) is 14.5 Å². The van der Waals surface area contributed by atoms with Crippen LogP contribution in [0.3, 0.4) is 0 Å². The van der Waals surface area contributed by atoms with Gasteiger partial charge in [0.1, 0.15) is 13.3 Å². The summed E-state index contributed by atoms with van der Waals surface area (Å²) >= 11 is 0. The Morgan fingerprint density at radius 3 is 2.71 bits per heavy atom. The number of benzene rings is 1. The highest BCUT2D eigenvalue weighted by molar-refractivity contribution is 6.00. The molecule has 1 N–H and O–H groups in total. The summed E-state index contributed by atoms with van der Waals surface area (Å²) in [7, 11) is 0. The van der Waals surface area contributed by atoms with Crippen molar-refractivity contribution < 1.29 is 13.6 Å². The number of amides is 1. The molecule has 0 spiro atoms. The smallest absolute Gasteiger partial charge is 0.228 e. The molecule has 0 bridgehead atoms. The molecule has 14 heavy (non-hydrogen) atoms. The fraction of sp³-hybridized carbons (Fsp3) is 0.300. The van der Waals surface area contributed by atoms with E-state index >= 15 is 0 Å². The van der Waals surface area contributed by atoms with Crippen molar-refractivity contribution in [1.29, 1.82) is 0 Å². The summed E-state index contributed by atoms with van der Waals surface area (Å²) in [5.41, 5.74) is 2.00. The predicted octanol–water partition coefficient (Wildman–Crippen LogP) is 2.12. The molecule has 0 fully saturated rings. The van der Waals surface area contributed by atoms with Crippen LogP contribution in [0.5, 0.6) is 0 Å². The minimum absolute atomic E-state index is 0.161. The minimum atomic E-state index is -0.684. The third kappa shape index (κ3) is 1.36. The van der Waals surface area contributed by atoms with E-state index in [9.17, 15) is 13.6 Å². The van der Waals surface area contributed by atoms with Crippen molar-refractivity contribution in [3.63, 3.8) is 0 Å². The zero-order valence-corrected chi connectivity index (χ0v) is 7.44. The number of nitrogens with one attached hydrogen (secondary N) is 1. The number of alkyl halides is 2. The predicted molar refractivity (Wildman–Crippen MR) is 48.4 cm³/mol. The maximum absolute atomic E-state index is 12.6. The van der Waals surface area contributed by atoms with E-state index in [4.69, 9.17) is 0 Å². The number of fused-ring (bicyclic) bond motifs is 1. The first-order chi connectivity index (χ1) is 6.74. The van der Waals surface area contributed by atoms with E-state index < -0.39 is 13.3 Å². The molecule has 74 valence electrons. The van der Waals surface area contributed by atoms with E-state index in [2.05, 4.69) is 5.32 Å². The summed E-state index contributed by atoms with van der Waals surface area (Å²) in [5.74, 6) is -0.161. The minimum Gasteiger partial charge on any atom is -0.325 e. The number of halogens is 2. The van der Waals surface area contributed by atoms with Crippen LogP contribution >= 0.6 is 0 Å². The topological polar surface area (TPSA) is 29.1 Å². The van der Waals surface area contributed by atoms with Crippen LogP contribution in [-0.2, 0) is 24.6 Å². The molecule has 1 aromatic rings. The lowest BCUT2D eigenvalue weighted by Gasteiger charge is -2.06. The second-order valence-electron chi connectivity index (χ2n) is 3.28. The van der Waals surface area contributed by atoms with E-state index in [1.165, 1.54) is 6.07 Å². The molecule has 0 saturated carbocycles. The van der Waals surface area contributed by atoms with Crippen molar-refractivity contribution in [3.05, 3.63) is 28.8 Å². The second kappa shape index (κ2) is 3.36. The summed E-state index contributed by atoms with van der Waals surface area (Å²) in [4.78, 5) is 11.0. The van der Waals surface area contributed by atoms with Crippen LogP contribution in [0.15, 0.2) is 12.1 Å². The zero-order valence-electron chi connectivity index (χ0n) is 7.44. The normalized spacial score (nSPS) is 14.0. The number of hydrogen-bond donors (Lipinski definition) is 1.